The largest absolute Gasteiger partial charge is 0.497 e. The van der Waals surface area contributed by atoms with E-state index in [1.165, 1.54) is 0 Å². The smallest absolute Gasteiger partial charge is 0.333 e. The average molecular weight is 342 g/mol. The first-order valence-electron chi connectivity index (χ1n) is 7.99. The highest BCUT2D eigenvalue weighted by molar-refractivity contribution is 5.87. The minimum Gasteiger partial charge on any atom is -0.497 e. The number of fused-ring (bicyclic) bond motifs is 1. The predicted molar refractivity (Wildman–Crippen MR) is 95.6 cm³/mol. The number of esters is 2. The van der Waals surface area contributed by atoms with Gasteiger partial charge in [0, 0.05) is 5.57 Å². The standard InChI is InChI=1S/C20H22O5/c1-13(2)19(21)24-9-10-25-20(22)14(3)15-5-6-17-12-18(23-4)8-7-16(17)11-15/h5-8,11-12,14H,1,9-10H2,2-4H3/t14-/m0/s1. The van der Waals surface area contributed by atoms with Crippen LogP contribution < -0.4 is 4.74 Å². The molecule has 0 bridgehead atoms. The lowest BCUT2D eigenvalue weighted by Crippen LogP contribution is -2.18. The molecule has 0 heterocycles. The Kier molecular flexibility index (Phi) is 6.17. The summed E-state index contributed by atoms with van der Waals surface area (Å²) in [7, 11) is 1.63. The Labute approximate surface area is 147 Å². The van der Waals surface area contributed by atoms with E-state index in [0.717, 1.165) is 22.1 Å². The Morgan fingerprint density at radius 2 is 1.68 bits per heavy atom. The SMILES string of the molecule is C=C(C)C(=O)OCCOC(=O)[C@@H](C)c1ccc2cc(OC)ccc2c1. The van der Waals surface area contributed by atoms with Gasteiger partial charge in [-0.2, -0.15) is 0 Å². The second-order valence-electron chi connectivity index (χ2n) is 5.78. The van der Waals surface area contributed by atoms with Crippen molar-refractivity contribution in [3.63, 3.8) is 0 Å². The van der Waals surface area contributed by atoms with Gasteiger partial charge in [0.15, 0.2) is 0 Å². The highest BCUT2D eigenvalue weighted by atomic mass is 16.6. The van der Waals surface area contributed by atoms with Crippen molar-refractivity contribution in [1.82, 2.24) is 0 Å². The molecule has 5 nitrogen and oxygen atoms in total. The predicted octanol–water partition coefficient (Wildman–Crippen LogP) is 3.61. The van der Waals surface area contributed by atoms with Crippen LogP contribution in [-0.4, -0.2) is 32.3 Å². The van der Waals surface area contributed by atoms with Crippen LogP contribution in [0.25, 0.3) is 10.8 Å². The van der Waals surface area contributed by atoms with E-state index in [4.69, 9.17) is 14.2 Å². The molecule has 5 heteroatoms. The Morgan fingerprint density at radius 1 is 1.04 bits per heavy atom. The molecule has 2 aromatic rings. The molecule has 2 aromatic carbocycles. The molecule has 0 aromatic heterocycles. The highest BCUT2D eigenvalue weighted by Crippen LogP contribution is 2.25. The molecule has 0 unspecified atom stereocenters. The lowest BCUT2D eigenvalue weighted by atomic mass is 9.98. The summed E-state index contributed by atoms with van der Waals surface area (Å²) in [6.07, 6.45) is 0. The lowest BCUT2D eigenvalue weighted by Gasteiger charge is -2.13. The average Bonchev–Trinajstić information content (AvgIpc) is 2.63. The van der Waals surface area contributed by atoms with Gasteiger partial charge in [-0.15, -0.1) is 0 Å². The maximum Gasteiger partial charge on any atom is 0.333 e. The van der Waals surface area contributed by atoms with Crippen molar-refractivity contribution in [3.8, 4) is 5.75 Å². The lowest BCUT2D eigenvalue weighted by molar-refractivity contribution is -0.151. The Balaban J connectivity index is 1.96. The summed E-state index contributed by atoms with van der Waals surface area (Å²) < 4.78 is 15.3. The molecule has 0 fully saturated rings. The Bertz CT molecular complexity index is 794. The van der Waals surface area contributed by atoms with Crippen LogP contribution in [0.1, 0.15) is 25.3 Å². The summed E-state index contributed by atoms with van der Waals surface area (Å²) in [5, 5.41) is 2.06. The number of carbonyl (C=O) groups excluding carboxylic acids is 2. The second kappa shape index (κ2) is 8.33. The molecule has 0 amide bonds. The summed E-state index contributed by atoms with van der Waals surface area (Å²) in [4.78, 5) is 23.4. The van der Waals surface area contributed by atoms with Crippen LogP contribution in [0.4, 0.5) is 0 Å². The van der Waals surface area contributed by atoms with Gasteiger partial charge >= 0.3 is 11.9 Å². The topological polar surface area (TPSA) is 61.8 Å². The van der Waals surface area contributed by atoms with Crippen molar-refractivity contribution in [2.75, 3.05) is 20.3 Å². The van der Waals surface area contributed by atoms with Gasteiger partial charge in [0.25, 0.3) is 0 Å². The van der Waals surface area contributed by atoms with E-state index < -0.39 is 11.9 Å². The normalized spacial score (nSPS) is 11.6. The molecule has 0 aliphatic carbocycles. The zero-order valence-electron chi connectivity index (χ0n) is 14.7. The highest BCUT2D eigenvalue weighted by Gasteiger charge is 2.17. The van der Waals surface area contributed by atoms with E-state index in [9.17, 15) is 9.59 Å². The summed E-state index contributed by atoms with van der Waals surface area (Å²) in [5.74, 6) is -0.478. The minimum atomic E-state index is -0.492. The van der Waals surface area contributed by atoms with Crippen molar-refractivity contribution < 1.29 is 23.8 Å². The third-order valence-electron chi connectivity index (χ3n) is 3.83. The van der Waals surface area contributed by atoms with E-state index in [2.05, 4.69) is 6.58 Å². The number of methoxy groups -OCH3 is 1. The van der Waals surface area contributed by atoms with Crippen molar-refractivity contribution in [1.29, 1.82) is 0 Å². The Morgan fingerprint density at radius 3 is 2.36 bits per heavy atom. The van der Waals surface area contributed by atoms with Crippen LogP contribution >= 0.6 is 0 Å². The van der Waals surface area contributed by atoms with Crippen LogP contribution in [0.15, 0.2) is 48.6 Å². The van der Waals surface area contributed by atoms with Gasteiger partial charge in [0.05, 0.1) is 13.0 Å². The number of ether oxygens (including phenoxy) is 3. The van der Waals surface area contributed by atoms with Gasteiger partial charge in [-0.05, 0) is 42.3 Å². The molecule has 132 valence electrons. The number of benzene rings is 2. The molecule has 0 saturated heterocycles. The van der Waals surface area contributed by atoms with Crippen molar-refractivity contribution >= 4 is 22.7 Å². The molecule has 0 spiro atoms. The quantitative estimate of drug-likeness (QED) is 0.437. The van der Waals surface area contributed by atoms with Gasteiger partial charge < -0.3 is 14.2 Å². The fraction of sp³-hybridized carbons (Fsp3) is 0.300. The molecule has 25 heavy (non-hydrogen) atoms. The number of hydrogen-bond donors (Lipinski definition) is 0. The second-order valence-corrected chi connectivity index (χ2v) is 5.78. The zero-order chi connectivity index (χ0) is 18.4. The van der Waals surface area contributed by atoms with Crippen molar-refractivity contribution in [2.24, 2.45) is 0 Å². The molecular formula is C20H22O5. The monoisotopic (exact) mass is 342 g/mol. The molecular weight excluding hydrogens is 320 g/mol. The molecule has 0 N–H and O–H groups in total. The first-order valence-corrected chi connectivity index (χ1v) is 7.99. The van der Waals surface area contributed by atoms with Crippen molar-refractivity contribution in [2.45, 2.75) is 19.8 Å². The molecule has 0 saturated carbocycles. The maximum atomic E-state index is 12.2. The van der Waals surface area contributed by atoms with Gasteiger partial charge in [0.2, 0.25) is 0 Å². The van der Waals surface area contributed by atoms with E-state index in [-0.39, 0.29) is 19.2 Å². The summed E-state index contributed by atoms with van der Waals surface area (Å²) in [6.45, 7) is 6.86. The number of hydrogen-bond acceptors (Lipinski definition) is 5. The van der Waals surface area contributed by atoms with Gasteiger partial charge in [-0.3, -0.25) is 4.79 Å². The molecule has 0 aliphatic heterocycles. The van der Waals surface area contributed by atoms with E-state index >= 15 is 0 Å². The number of carbonyl (C=O) groups is 2. The van der Waals surface area contributed by atoms with E-state index in [0.29, 0.717) is 5.57 Å². The Hall–Kier alpha value is -2.82. The minimum absolute atomic E-state index is 0.0155. The first-order chi connectivity index (χ1) is 11.9. The van der Waals surface area contributed by atoms with Crippen LogP contribution in [-0.2, 0) is 19.1 Å². The molecule has 2 rings (SSSR count). The van der Waals surface area contributed by atoms with Gasteiger partial charge in [-0.1, -0.05) is 30.8 Å². The van der Waals surface area contributed by atoms with Crippen LogP contribution in [0.3, 0.4) is 0 Å². The maximum absolute atomic E-state index is 12.2. The van der Waals surface area contributed by atoms with Crippen LogP contribution in [0.5, 0.6) is 5.75 Å². The number of rotatable bonds is 7. The molecule has 0 radical (unpaired) electrons. The fourth-order valence-corrected chi connectivity index (χ4v) is 2.30. The molecule has 0 aliphatic rings. The van der Waals surface area contributed by atoms with Gasteiger partial charge in [-0.25, -0.2) is 4.79 Å². The van der Waals surface area contributed by atoms with Crippen LogP contribution in [0.2, 0.25) is 0 Å². The zero-order valence-corrected chi connectivity index (χ0v) is 14.7. The first kappa shape index (κ1) is 18.5. The van der Waals surface area contributed by atoms with E-state index in [1.54, 1.807) is 21.0 Å². The van der Waals surface area contributed by atoms with Crippen molar-refractivity contribution in [3.05, 3.63) is 54.1 Å². The third kappa shape index (κ3) is 4.83. The third-order valence-corrected chi connectivity index (χ3v) is 3.83. The summed E-state index contributed by atoms with van der Waals surface area (Å²) in [6, 6.07) is 11.6. The van der Waals surface area contributed by atoms with Gasteiger partial charge in [0.1, 0.15) is 19.0 Å². The summed E-state index contributed by atoms with van der Waals surface area (Å²) in [5.41, 5.74) is 1.18. The fourth-order valence-electron chi connectivity index (χ4n) is 2.30. The van der Waals surface area contributed by atoms with E-state index in [1.807, 2.05) is 36.4 Å². The molecule has 1 atom stereocenters. The summed E-state index contributed by atoms with van der Waals surface area (Å²) >= 11 is 0. The van der Waals surface area contributed by atoms with Crippen LogP contribution in [0, 0.1) is 0 Å².